The number of anilines is 4. The summed E-state index contributed by atoms with van der Waals surface area (Å²) >= 11 is 6.05. The van der Waals surface area contributed by atoms with E-state index in [-0.39, 0.29) is 24.8 Å². The molecule has 0 saturated heterocycles. The van der Waals surface area contributed by atoms with Gasteiger partial charge in [-0.05, 0) is 49.4 Å². The number of benzene rings is 3. The fourth-order valence-corrected chi connectivity index (χ4v) is 4.01. The lowest BCUT2D eigenvalue weighted by Crippen LogP contribution is -2.51. The van der Waals surface area contributed by atoms with Gasteiger partial charge in [-0.1, -0.05) is 41.4 Å². The quantitative estimate of drug-likeness (QED) is 0.452. The van der Waals surface area contributed by atoms with Crippen LogP contribution < -0.4 is 25.6 Å². The van der Waals surface area contributed by atoms with Crippen LogP contribution in [-0.4, -0.2) is 37.4 Å². The molecule has 1 heterocycles. The van der Waals surface area contributed by atoms with Crippen LogP contribution in [-0.2, 0) is 14.4 Å². The Hall–Kier alpha value is -4.04. The highest BCUT2D eigenvalue weighted by atomic mass is 35.5. The molecule has 3 N–H and O–H groups in total. The molecule has 0 fully saturated rings. The number of fused-ring (bicyclic) bond motifs is 1. The fraction of sp³-hybridized carbons (Fsp3) is 0.192. The number of methoxy groups -OCH3 is 1. The Labute approximate surface area is 208 Å². The van der Waals surface area contributed by atoms with Gasteiger partial charge < -0.3 is 20.7 Å². The number of carbonyl (C=O) groups excluding carboxylic acids is 3. The van der Waals surface area contributed by atoms with Gasteiger partial charge in [-0.2, -0.15) is 0 Å². The molecule has 1 aliphatic rings. The molecule has 3 aromatic carbocycles. The van der Waals surface area contributed by atoms with Gasteiger partial charge in [0.1, 0.15) is 18.3 Å². The Morgan fingerprint density at radius 1 is 1.03 bits per heavy atom. The summed E-state index contributed by atoms with van der Waals surface area (Å²) < 4.78 is 5.28. The summed E-state index contributed by atoms with van der Waals surface area (Å²) in [5.74, 6) is -0.679. The number of aryl methyl sites for hydroxylation is 1. The van der Waals surface area contributed by atoms with Gasteiger partial charge in [-0.25, -0.2) is 0 Å². The number of para-hydroxylation sites is 2. The summed E-state index contributed by atoms with van der Waals surface area (Å²) in [7, 11) is 1.49. The van der Waals surface area contributed by atoms with Crippen LogP contribution in [0.1, 0.15) is 12.0 Å². The molecule has 3 amide bonds. The van der Waals surface area contributed by atoms with Gasteiger partial charge in [0.15, 0.2) is 0 Å². The molecule has 0 bridgehead atoms. The number of ether oxygens (including phenoxy) is 1. The molecule has 1 aliphatic heterocycles. The average Bonchev–Trinajstić information content (AvgIpc) is 2.83. The highest BCUT2D eigenvalue weighted by Gasteiger charge is 2.34. The van der Waals surface area contributed by atoms with Crippen LogP contribution in [0.3, 0.4) is 0 Å². The van der Waals surface area contributed by atoms with E-state index in [2.05, 4.69) is 16.0 Å². The van der Waals surface area contributed by atoms with Crippen LogP contribution in [0.15, 0.2) is 66.7 Å². The number of carbonyl (C=O) groups is 3. The Balaban J connectivity index is 1.50. The van der Waals surface area contributed by atoms with Gasteiger partial charge in [-0.15, -0.1) is 0 Å². The zero-order chi connectivity index (χ0) is 24.9. The number of rotatable bonds is 7. The maximum Gasteiger partial charge on any atom is 0.250 e. The lowest BCUT2D eigenvalue weighted by Gasteiger charge is -2.34. The van der Waals surface area contributed by atoms with Crippen molar-refractivity contribution in [2.45, 2.75) is 19.4 Å². The van der Waals surface area contributed by atoms with E-state index in [0.717, 1.165) is 5.56 Å². The molecule has 180 valence electrons. The minimum atomic E-state index is -0.830. The molecule has 0 unspecified atom stereocenters. The molecule has 0 spiro atoms. The van der Waals surface area contributed by atoms with Crippen molar-refractivity contribution in [2.24, 2.45) is 0 Å². The van der Waals surface area contributed by atoms with E-state index in [1.807, 2.05) is 25.1 Å². The average molecular weight is 493 g/mol. The van der Waals surface area contributed by atoms with Crippen molar-refractivity contribution in [3.8, 4) is 5.75 Å². The van der Waals surface area contributed by atoms with Crippen LogP contribution in [0, 0.1) is 6.92 Å². The summed E-state index contributed by atoms with van der Waals surface area (Å²) in [5, 5.41) is 9.13. The molecule has 9 heteroatoms. The Bertz CT molecular complexity index is 1260. The smallest absolute Gasteiger partial charge is 0.250 e. The van der Waals surface area contributed by atoms with Crippen molar-refractivity contribution in [2.75, 3.05) is 34.5 Å². The molecule has 0 radical (unpaired) electrons. The van der Waals surface area contributed by atoms with E-state index >= 15 is 0 Å². The number of halogens is 1. The molecular formula is C26H25ClN4O4. The van der Waals surface area contributed by atoms with Gasteiger partial charge in [0.25, 0.3) is 5.91 Å². The first-order valence-corrected chi connectivity index (χ1v) is 11.4. The van der Waals surface area contributed by atoms with Crippen molar-refractivity contribution in [3.05, 3.63) is 77.3 Å². The lowest BCUT2D eigenvalue weighted by atomic mass is 10.1. The van der Waals surface area contributed by atoms with Gasteiger partial charge in [0.05, 0.1) is 30.6 Å². The van der Waals surface area contributed by atoms with Crippen LogP contribution in [0.2, 0.25) is 5.02 Å². The fourth-order valence-electron chi connectivity index (χ4n) is 3.83. The zero-order valence-corrected chi connectivity index (χ0v) is 20.1. The molecule has 0 saturated carbocycles. The van der Waals surface area contributed by atoms with Gasteiger partial charge in [0, 0.05) is 10.7 Å². The van der Waals surface area contributed by atoms with Gasteiger partial charge in [0.2, 0.25) is 11.8 Å². The predicted molar refractivity (Wildman–Crippen MR) is 137 cm³/mol. The van der Waals surface area contributed by atoms with Crippen LogP contribution >= 0.6 is 11.6 Å². The number of nitrogens with one attached hydrogen (secondary N) is 3. The third kappa shape index (κ3) is 5.73. The normalized spacial score (nSPS) is 14.5. The number of amides is 3. The van der Waals surface area contributed by atoms with E-state index in [9.17, 15) is 14.4 Å². The molecule has 4 rings (SSSR count). The number of hydrogen-bond acceptors (Lipinski definition) is 5. The number of nitrogens with zero attached hydrogens (tertiary/aromatic N) is 1. The summed E-state index contributed by atoms with van der Waals surface area (Å²) in [5.41, 5.74) is 3.34. The monoisotopic (exact) mass is 492 g/mol. The molecular weight excluding hydrogens is 468 g/mol. The van der Waals surface area contributed by atoms with E-state index in [0.29, 0.717) is 33.5 Å². The third-order valence-electron chi connectivity index (χ3n) is 5.55. The topological polar surface area (TPSA) is 99.8 Å². The molecule has 35 heavy (non-hydrogen) atoms. The first kappa shape index (κ1) is 24.1. The summed E-state index contributed by atoms with van der Waals surface area (Å²) in [6.07, 6.45) is -0.0960. The number of hydrogen-bond donors (Lipinski definition) is 3. The van der Waals surface area contributed by atoms with E-state index < -0.39 is 11.9 Å². The second kappa shape index (κ2) is 10.5. The molecule has 8 nitrogen and oxygen atoms in total. The summed E-state index contributed by atoms with van der Waals surface area (Å²) in [6, 6.07) is 18.6. The highest BCUT2D eigenvalue weighted by molar-refractivity contribution is 6.31. The van der Waals surface area contributed by atoms with E-state index in [1.54, 1.807) is 48.5 Å². The standard InChI is InChI=1S/C26H25ClN4O4/c1-16-7-10-18(11-8-16)28-24(32)14-21-26(34)31(22-6-4-3-5-19(22)29-21)15-25(33)30-20-13-17(27)9-12-23(20)35-2/h3-13,21,29H,14-15H2,1-2H3,(H,28,32)(H,30,33)/t21-/m1/s1. The van der Waals surface area contributed by atoms with E-state index in [1.165, 1.54) is 12.0 Å². The Morgan fingerprint density at radius 2 is 1.77 bits per heavy atom. The first-order chi connectivity index (χ1) is 16.8. The van der Waals surface area contributed by atoms with Gasteiger partial charge in [-0.3, -0.25) is 19.3 Å². The highest BCUT2D eigenvalue weighted by Crippen LogP contribution is 2.33. The third-order valence-corrected chi connectivity index (χ3v) is 5.79. The first-order valence-electron chi connectivity index (χ1n) is 11.0. The molecule has 1 atom stereocenters. The lowest BCUT2D eigenvalue weighted by molar-refractivity contribution is -0.124. The van der Waals surface area contributed by atoms with Gasteiger partial charge >= 0.3 is 0 Å². The molecule has 3 aromatic rings. The summed E-state index contributed by atoms with van der Waals surface area (Å²) in [4.78, 5) is 40.3. The largest absolute Gasteiger partial charge is 0.495 e. The summed E-state index contributed by atoms with van der Waals surface area (Å²) in [6.45, 7) is 1.71. The van der Waals surface area contributed by atoms with Crippen molar-refractivity contribution in [1.82, 2.24) is 0 Å². The predicted octanol–water partition coefficient (Wildman–Crippen LogP) is 4.45. The SMILES string of the molecule is COc1ccc(Cl)cc1NC(=O)CN1C(=O)[C@@H](CC(=O)Nc2ccc(C)cc2)Nc2ccccc21. The Kier molecular flexibility index (Phi) is 7.22. The maximum atomic E-state index is 13.3. The van der Waals surface area contributed by atoms with Crippen molar-refractivity contribution < 1.29 is 19.1 Å². The van der Waals surface area contributed by atoms with Crippen molar-refractivity contribution in [1.29, 1.82) is 0 Å². The molecule has 0 aromatic heterocycles. The van der Waals surface area contributed by atoms with Crippen LogP contribution in [0.4, 0.5) is 22.7 Å². The van der Waals surface area contributed by atoms with Crippen molar-refractivity contribution >= 4 is 52.1 Å². The second-order valence-corrected chi connectivity index (χ2v) is 8.59. The zero-order valence-electron chi connectivity index (χ0n) is 19.3. The van der Waals surface area contributed by atoms with Crippen LogP contribution in [0.25, 0.3) is 0 Å². The minimum absolute atomic E-state index is 0.0960. The second-order valence-electron chi connectivity index (χ2n) is 8.15. The van der Waals surface area contributed by atoms with Crippen molar-refractivity contribution in [3.63, 3.8) is 0 Å². The maximum absolute atomic E-state index is 13.3. The Morgan fingerprint density at radius 3 is 2.51 bits per heavy atom. The minimum Gasteiger partial charge on any atom is -0.495 e. The van der Waals surface area contributed by atoms with E-state index in [4.69, 9.17) is 16.3 Å². The molecule has 0 aliphatic carbocycles. The van der Waals surface area contributed by atoms with Crippen LogP contribution in [0.5, 0.6) is 5.75 Å².